The molecular weight excluding hydrogens is 374 g/mol. The molecule has 0 bridgehead atoms. The van der Waals surface area contributed by atoms with Crippen LogP contribution in [0.2, 0.25) is 0 Å². The maximum Gasteiger partial charge on any atom is 0.268 e. The SMILES string of the molecule is CCCn1c(O)c(N=NC(=O)C2CC2c2ccc(C(C)(C)C)cc2)c2ccccc21. The molecule has 30 heavy (non-hydrogen) atoms. The lowest BCUT2D eigenvalue weighted by Crippen LogP contribution is -2.10. The summed E-state index contributed by atoms with van der Waals surface area (Å²) in [5.41, 5.74) is 3.86. The summed E-state index contributed by atoms with van der Waals surface area (Å²) in [7, 11) is 0. The summed E-state index contributed by atoms with van der Waals surface area (Å²) in [5.74, 6) is -0.0628. The summed E-state index contributed by atoms with van der Waals surface area (Å²) in [6, 6.07) is 16.2. The van der Waals surface area contributed by atoms with Crippen LogP contribution in [-0.4, -0.2) is 15.6 Å². The van der Waals surface area contributed by atoms with Crippen LogP contribution in [0.3, 0.4) is 0 Å². The van der Waals surface area contributed by atoms with Crippen molar-refractivity contribution in [2.75, 3.05) is 0 Å². The zero-order valence-corrected chi connectivity index (χ0v) is 18.1. The Hall–Kier alpha value is -2.95. The fraction of sp³-hybridized carbons (Fsp3) is 0.400. The van der Waals surface area contributed by atoms with Crippen LogP contribution in [0.5, 0.6) is 5.88 Å². The number of rotatable bonds is 5. The van der Waals surface area contributed by atoms with Gasteiger partial charge in [-0.25, -0.2) is 0 Å². The zero-order valence-electron chi connectivity index (χ0n) is 18.1. The van der Waals surface area contributed by atoms with Crippen molar-refractivity contribution in [2.45, 2.75) is 58.4 Å². The number of aryl methyl sites for hydroxylation is 1. The van der Waals surface area contributed by atoms with Crippen LogP contribution in [0, 0.1) is 5.92 Å². The van der Waals surface area contributed by atoms with Gasteiger partial charge in [0.2, 0.25) is 5.88 Å². The van der Waals surface area contributed by atoms with Gasteiger partial charge in [-0.3, -0.25) is 4.79 Å². The normalized spacial score (nSPS) is 18.9. The van der Waals surface area contributed by atoms with Crippen molar-refractivity contribution in [3.63, 3.8) is 0 Å². The topological polar surface area (TPSA) is 66.9 Å². The Morgan fingerprint density at radius 1 is 1.13 bits per heavy atom. The number of fused-ring (bicyclic) bond motifs is 1. The molecule has 1 N–H and O–H groups in total. The van der Waals surface area contributed by atoms with Gasteiger partial charge in [0.1, 0.15) is 0 Å². The van der Waals surface area contributed by atoms with Gasteiger partial charge in [-0.1, -0.05) is 70.2 Å². The number of para-hydroxylation sites is 1. The van der Waals surface area contributed by atoms with Crippen molar-refractivity contribution in [1.29, 1.82) is 0 Å². The predicted octanol–water partition coefficient (Wildman–Crippen LogP) is 6.47. The van der Waals surface area contributed by atoms with Gasteiger partial charge in [0.15, 0.2) is 5.69 Å². The largest absolute Gasteiger partial charge is 0.493 e. The third kappa shape index (κ3) is 3.76. The van der Waals surface area contributed by atoms with E-state index in [0.717, 1.165) is 23.7 Å². The Kier molecular flexibility index (Phi) is 5.22. The highest BCUT2D eigenvalue weighted by atomic mass is 16.3. The van der Waals surface area contributed by atoms with E-state index in [1.54, 1.807) is 0 Å². The van der Waals surface area contributed by atoms with Crippen molar-refractivity contribution in [2.24, 2.45) is 16.1 Å². The number of azo groups is 1. The number of aromatic hydroxyl groups is 1. The second-order valence-corrected chi connectivity index (χ2v) is 9.20. The van der Waals surface area contributed by atoms with Crippen molar-refractivity contribution in [3.05, 3.63) is 59.7 Å². The Morgan fingerprint density at radius 2 is 1.83 bits per heavy atom. The van der Waals surface area contributed by atoms with E-state index in [-0.39, 0.29) is 29.0 Å². The second-order valence-electron chi connectivity index (χ2n) is 9.20. The molecule has 0 radical (unpaired) electrons. The molecule has 1 fully saturated rings. The molecule has 1 heterocycles. The smallest absolute Gasteiger partial charge is 0.268 e. The van der Waals surface area contributed by atoms with Crippen LogP contribution in [0.15, 0.2) is 58.8 Å². The van der Waals surface area contributed by atoms with Crippen LogP contribution in [0.4, 0.5) is 5.69 Å². The first kappa shape index (κ1) is 20.3. The van der Waals surface area contributed by atoms with E-state index in [0.29, 0.717) is 12.2 Å². The van der Waals surface area contributed by atoms with Crippen molar-refractivity contribution >= 4 is 22.5 Å². The highest BCUT2D eigenvalue weighted by Gasteiger charge is 2.44. The van der Waals surface area contributed by atoms with E-state index in [1.807, 2.05) is 28.8 Å². The summed E-state index contributed by atoms with van der Waals surface area (Å²) in [6.07, 6.45) is 1.69. The first-order valence-corrected chi connectivity index (χ1v) is 10.7. The number of hydrogen-bond acceptors (Lipinski definition) is 3. The molecule has 0 saturated heterocycles. The van der Waals surface area contributed by atoms with E-state index in [2.05, 4.69) is 62.2 Å². The molecule has 1 aliphatic rings. The number of carbonyl (C=O) groups is 1. The van der Waals surface area contributed by atoms with Crippen molar-refractivity contribution < 1.29 is 9.90 Å². The second kappa shape index (κ2) is 7.71. The minimum atomic E-state index is -0.216. The summed E-state index contributed by atoms with van der Waals surface area (Å²) in [5, 5.41) is 19.6. The van der Waals surface area contributed by atoms with E-state index in [4.69, 9.17) is 0 Å². The molecule has 5 heteroatoms. The monoisotopic (exact) mass is 403 g/mol. The molecule has 2 unspecified atom stereocenters. The number of nitrogens with zero attached hydrogens (tertiary/aromatic N) is 3. The van der Waals surface area contributed by atoms with Crippen LogP contribution in [-0.2, 0) is 16.8 Å². The molecule has 2 atom stereocenters. The lowest BCUT2D eigenvalue weighted by molar-refractivity contribution is -0.119. The van der Waals surface area contributed by atoms with Gasteiger partial charge >= 0.3 is 0 Å². The average molecular weight is 404 g/mol. The molecule has 1 amide bonds. The summed E-state index contributed by atoms with van der Waals surface area (Å²) in [4.78, 5) is 12.6. The Balaban J connectivity index is 1.51. The lowest BCUT2D eigenvalue weighted by Gasteiger charge is -2.19. The Labute approximate surface area is 177 Å². The molecule has 4 rings (SSSR count). The predicted molar refractivity (Wildman–Crippen MR) is 119 cm³/mol. The average Bonchev–Trinajstić information content (AvgIpc) is 3.48. The first-order valence-electron chi connectivity index (χ1n) is 10.7. The number of benzene rings is 2. The summed E-state index contributed by atoms with van der Waals surface area (Å²) < 4.78 is 1.82. The molecule has 0 aliphatic heterocycles. The minimum absolute atomic E-state index is 0.0692. The maximum absolute atomic E-state index is 12.6. The van der Waals surface area contributed by atoms with Gasteiger partial charge in [-0.15, -0.1) is 10.2 Å². The number of carbonyl (C=O) groups excluding carboxylic acids is 1. The number of hydrogen-bond donors (Lipinski definition) is 1. The van der Waals surface area contributed by atoms with E-state index < -0.39 is 0 Å². The fourth-order valence-corrected chi connectivity index (χ4v) is 4.06. The molecule has 156 valence electrons. The highest BCUT2D eigenvalue weighted by Crippen LogP contribution is 2.49. The van der Waals surface area contributed by atoms with Gasteiger partial charge in [-0.2, -0.15) is 0 Å². The third-order valence-corrected chi connectivity index (χ3v) is 5.93. The standard InChI is InChI=1S/C25H29N3O2/c1-5-14-28-21-9-7-6-8-18(21)22(24(28)30)26-27-23(29)20-15-19(20)16-10-12-17(13-11-16)25(2,3)4/h6-13,19-20,30H,5,14-15H2,1-4H3. The highest BCUT2D eigenvalue weighted by molar-refractivity contribution is 5.95. The van der Waals surface area contributed by atoms with Crippen LogP contribution >= 0.6 is 0 Å². The van der Waals surface area contributed by atoms with Crippen molar-refractivity contribution in [3.8, 4) is 5.88 Å². The first-order chi connectivity index (χ1) is 14.3. The van der Waals surface area contributed by atoms with E-state index in [9.17, 15) is 9.90 Å². The van der Waals surface area contributed by atoms with Gasteiger partial charge < -0.3 is 9.67 Å². The summed E-state index contributed by atoms with van der Waals surface area (Å²) in [6.45, 7) is 9.32. The lowest BCUT2D eigenvalue weighted by atomic mass is 9.86. The fourth-order valence-electron chi connectivity index (χ4n) is 4.06. The molecule has 0 spiro atoms. The van der Waals surface area contributed by atoms with Gasteiger partial charge in [0.25, 0.3) is 5.91 Å². The number of aromatic nitrogens is 1. The van der Waals surface area contributed by atoms with Crippen LogP contribution in [0.1, 0.15) is 57.6 Å². The maximum atomic E-state index is 12.6. The van der Waals surface area contributed by atoms with Gasteiger partial charge in [0.05, 0.1) is 5.52 Å². The van der Waals surface area contributed by atoms with Crippen molar-refractivity contribution in [1.82, 2.24) is 4.57 Å². The minimum Gasteiger partial charge on any atom is -0.493 e. The molecule has 1 saturated carbocycles. The van der Waals surface area contributed by atoms with E-state index in [1.165, 1.54) is 11.1 Å². The number of amides is 1. The summed E-state index contributed by atoms with van der Waals surface area (Å²) >= 11 is 0. The molecular formula is C25H29N3O2. The quantitative estimate of drug-likeness (QED) is 0.496. The van der Waals surface area contributed by atoms with Crippen LogP contribution < -0.4 is 0 Å². The molecule has 3 aromatic rings. The van der Waals surface area contributed by atoms with Gasteiger partial charge in [-0.05, 0) is 41.4 Å². The zero-order chi connectivity index (χ0) is 21.5. The Morgan fingerprint density at radius 3 is 2.50 bits per heavy atom. The van der Waals surface area contributed by atoms with Crippen LogP contribution in [0.25, 0.3) is 10.9 Å². The third-order valence-electron chi connectivity index (χ3n) is 5.93. The Bertz CT molecular complexity index is 1100. The molecule has 1 aromatic heterocycles. The van der Waals surface area contributed by atoms with Gasteiger partial charge in [0, 0.05) is 17.8 Å². The molecule has 2 aromatic carbocycles. The molecule has 1 aliphatic carbocycles. The van der Waals surface area contributed by atoms with E-state index >= 15 is 0 Å². The molecule has 5 nitrogen and oxygen atoms in total.